The molecule has 1 aliphatic heterocycles. The second-order valence-corrected chi connectivity index (χ2v) is 6.44. The summed E-state index contributed by atoms with van der Waals surface area (Å²) in [6, 6.07) is 4.01. The summed E-state index contributed by atoms with van der Waals surface area (Å²) >= 11 is 1.39. The highest BCUT2D eigenvalue weighted by atomic mass is 32.1. The largest absolute Gasteiger partial charge is 0.369 e. The smallest absolute Gasteiger partial charge is 0.353 e. The van der Waals surface area contributed by atoms with Gasteiger partial charge in [-0.25, -0.2) is 4.79 Å². The van der Waals surface area contributed by atoms with Gasteiger partial charge in [0.05, 0.1) is 0 Å². The Hall–Kier alpha value is -2.00. The van der Waals surface area contributed by atoms with Crippen LogP contribution in [-0.2, 0) is 11.3 Å². The Bertz CT molecular complexity index is 707. The monoisotopic (exact) mass is 336 g/mol. The molecule has 8 nitrogen and oxygen atoms in total. The van der Waals surface area contributed by atoms with E-state index in [0.717, 1.165) is 24.2 Å². The van der Waals surface area contributed by atoms with Crippen molar-refractivity contribution in [2.45, 2.75) is 32.4 Å². The van der Waals surface area contributed by atoms with Crippen LogP contribution < -0.4 is 11.0 Å². The number of nitrogens with zero attached hydrogens (tertiary/aromatic N) is 5. The molecule has 1 atom stereocenters. The topological polar surface area (TPSA) is 85.1 Å². The number of carbonyl (C=O) groups excluding carboxylic acids is 1. The van der Waals surface area contributed by atoms with Crippen molar-refractivity contribution in [3.8, 4) is 5.00 Å². The number of likely N-dealkylation sites (tertiary alicyclic amines) is 1. The van der Waals surface area contributed by atoms with Crippen LogP contribution in [0, 0.1) is 0 Å². The fourth-order valence-corrected chi connectivity index (χ4v) is 3.54. The Morgan fingerprint density at radius 1 is 1.48 bits per heavy atom. The molecule has 2 aromatic heterocycles. The lowest BCUT2D eigenvalue weighted by atomic mass is 10.2. The summed E-state index contributed by atoms with van der Waals surface area (Å²) in [5.41, 5.74) is -0.404. The number of hydrogen-bond donors (Lipinski definition) is 1. The van der Waals surface area contributed by atoms with Crippen molar-refractivity contribution in [3.63, 3.8) is 0 Å². The molecule has 0 radical (unpaired) electrons. The van der Waals surface area contributed by atoms with Gasteiger partial charge < -0.3 is 5.32 Å². The Kier molecular flexibility index (Phi) is 4.87. The summed E-state index contributed by atoms with van der Waals surface area (Å²) < 4.78 is 2.29. The van der Waals surface area contributed by atoms with Gasteiger partial charge in [0.1, 0.15) is 11.5 Å². The maximum absolute atomic E-state index is 12.2. The number of aromatic nitrogens is 4. The minimum Gasteiger partial charge on any atom is -0.353 e. The average Bonchev–Trinajstić information content (AvgIpc) is 3.27. The molecule has 1 amide bonds. The van der Waals surface area contributed by atoms with E-state index in [4.69, 9.17) is 0 Å². The van der Waals surface area contributed by atoms with E-state index in [9.17, 15) is 9.59 Å². The number of likely N-dealkylation sites (N-methyl/N-ethyl adjacent to an activating group) is 1. The summed E-state index contributed by atoms with van der Waals surface area (Å²) in [7, 11) is 0. The van der Waals surface area contributed by atoms with Crippen molar-refractivity contribution in [3.05, 3.63) is 28.0 Å². The van der Waals surface area contributed by atoms with Crippen LogP contribution in [0.15, 0.2) is 22.3 Å². The summed E-state index contributed by atoms with van der Waals surface area (Å²) in [6.45, 7) is 4.72. The third kappa shape index (κ3) is 3.50. The number of hydrogen-bond acceptors (Lipinski definition) is 6. The van der Waals surface area contributed by atoms with Crippen molar-refractivity contribution in [2.75, 3.05) is 19.6 Å². The number of tetrazole rings is 1. The molecule has 1 N–H and O–H groups in total. The van der Waals surface area contributed by atoms with Gasteiger partial charge in [-0.1, -0.05) is 6.92 Å². The first kappa shape index (κ1) is 15.9. The van der Waals surface area contributed by atoms with Crippen LogP contribution in [-0.4, -0.2) is 56.3 Å². The molecule has 23 heavy (non-hydrogen) atoms. The number of carbonyl (C=O) groups is 1. The van der Waals surface area contributed by atoms with E-state index in [1.807, 2.05) is 11.4 Å². The second-order valence-electron chi connectivity index (χ2n) is 5.51. The van der Waals surface area contributed by atoms with Gasteiger partial charge in [-0.15, -0.1) is 11.3 Å². The van der Waals surface area contributed by atoms with E-state index < -0.39 is 5.69 Å². The normalized spacial score (nSPS) is 18.4. The summed E-state index contributed by atoms with van der Waals surface area (Å²) in [5.74, 6) is -0.215. The highest BCUT2D eigenvalue weighted by molar-refractivity contribution is 7.12. The maximum atomic E-state index is 12.2. The fraction of sp³-hybridized carbons (Fsp3) is 0.571. The maximum Gasteiger partial charge on any atom is 0.369 e. The van der Waals surface area contributed by atoms with E-state index in [1.54, 1.807) is 6.07 Å². The molecule has 3 rings (SSSR count). The molecule has 0 bridgehead atoms. The molecule has 0 unspecified atom stereocenters. The molecule has 2 aromatic rings. The van der Waals surface area contributed by atoms with Gasteiger partial charge in [-0.3, -0.25) is 9.69 Å². The van der Waals surface area contributed by atoms with Crippen LogP contribution in [0.25, 0.3) is 5.00 Å². The minimum atomic E-state index is -0.404. The molecule has 1 aliphatic rings. The molecule has 1 fully saturated rings. The molecule has 9 heteroatoms. The molecule has 1 saturated heterocycles. The van der Waals surface area contributed by atoms with Crippen molar-refractivity contribution >= 4 is 17.2 Å². The summed E-state index contributed by atoms with van der Waals surface area (Å²) in [4.78, 5) is 26.6. The zero-order valence-electron chi connectivity index (χ0n) is 13.0. The quantitative estimate of drug-likeness (QED) is 0.808. The Balaban J connectivity index is 1.57. The zero-order valence-corrected chi connectivity index (χ0v) is 13.8. The standard InChI is InChI=1S/C14H20N6O2S/c1-2-18-7-3-5-11(18)9-15-12(21)10-19-14(22)20(17-16-19)13-6-4-8-23-13/h4,6,8,11H,2-3,5,7,9-10H2,1H3,(H,15,21)/t11-/m0/s1. The fourth-order valence-electron chi connectivity index (χ4n) is 2.87. The zero-order chi connectivity index (χ0) is 16.2. The van der Waals surface area contributed by atoms with Gasteiger partial charge >= 0.3 is 5.69 Å². The van der Waals surface area contributed by atoms with Gasteiger partial charge in [0.25, 0.3) is 0 Å². The molecule has 3 heterocycles. The van der Waals surface area contributed by atoms with E-state index in [0.29, 0.717) is 17.6 Å². The first-order valence-electron chi connectivity index (χ1n) is 7.76. The number of nitrogens with one attached hydrogen (secondary N) is 1. The van der Waals surface area contributed by atoms with E-state index >= 15 is 0 Å². The van der Waals surface area contributed by atoms with Gasteiger partial charge in [0.15, 0.2) is 0 Å². The Labute approximate surface area is 137 Å². The molecular weight excluding hydrogens is 316 g/mol. The molecule has 124 valence electrons. The molecule has 0 aromatic carbocycles. The van der Waals surface area contributed by atoms with Crippen LogP contribution in [0.3, 0.4) is 0 Å². The van der Waals surface area contributed by atoms with E-state index in [2.05, 4.69) is 27.6 Å². The highest BCUT2D eigenvalue weighted by Gasteiger charge is 2.23. The number of rotatable bonds is 6. The van der Waals surface area contributed by atoms with Crippen LogP contribution >= 0.6 is 11.3 Å². The predicted octanol–water partition coefficient (Wildman–Crippen LogP) is 0.0910. The Morgan fingerprint density at radius 3 is 3.09 bits per heavy atom. The molecule has 0 saturated carbocycles. The van der Waals surface area contributed by atoms with Crippen molar-refractivity contribution in [1.29, 1.82) is 0 Å². The van der Waals surface area contributed by atoms with Crippen LogP contribution in [0.4, 0.5) is 0 Å². The van der Waals surface area contributed by atoms with Crippen LogP contribution in [0.5, 0.6) is 0 Å². The Morgan fingerprint density at radius 2 is 2.35 bits per heavy atom. The van der Waals surface area contributed by atoms with Crippen LogP contribution in [0.1, 0.15) is 19.8 Å². The van der Waals surface area contributed by atoms with E-state index in [-0.39, 0.29) is 12.5 Å². The first-order chi connectivity index (χ1) is 11.2. The first-order valence-corrected chi connectivity index (χ1v) is 8.64. The molecule has 0 spiro atoms. The van der Waals surface area contributed by atoms with Crippen molar-refractivity contribution in [2.24, 2.45) is 0 Å². The lowest BCUT2D eigenvalue weighted by Crippen LogP contribution is -2.42. The van der Waals surface area contributed by atoms with Gasteiger partial charge in [-0.2, -0.15) is 9.36 Å². The van der Waals surface area contributed by atoms with Crippen molar-refractivity contribution in [1.82, 2.24) is 30.0 Å². The minimum absolute atomic E-state index is 0.108. The van der Waals surface area contributed by atoms with E-state index in [1.165, 1.54) is 22.4 Å². The average molecular weight is 336 g/mol. The number of amides is 1. The third-order valence-electron chi connectivity index (χ3n) is 4.09. The number of thiophene rings is 1. The summed E-state index contributed by atoms with van der Waals surface area (Å²) in [6.07, 6.45) is 2.27. The molecule has 0 aliphatic carbocycles. The highest BCUT2D eigenvalue weighted by Crippen LogP contribution is 2.15. The summed E-state index contributed by atoms with van der Waals surface area (Å²) in [5, 5.41) is 13.0. The van der Waals surface area contributed by atoms with Crippen molar-refractivity contribution < 1.29 is 4.79 Å². The molecular formula is C14H20N6O2S. The second kappa shape index (κ2) is 7.05. The third-order valence-corrected chi connectivity index (χ3v) is 4.93. The predicted molar refractivity (Wildman–Crippen MR) is 86.8 cm³/mol. The lowest BCUT2D eigenvalue weighted by Gasteiger charge is -2.22. The lowest BCUT2D eigenvalue weighted by molar-refractivity contribution is -0.122. The van der Waals surface area contributed by atoms with Gasteiger partial charge in [-0.05, 0) is 53.9 Å². The van der Waals surface area contributed by atoms with Crippen LogP contribution in [0.2, 0.25) is 0 Å². The van der Waals surface area contributed by atoms with Gasteiger partial charge in [0, 0.05) is 12.6 Å². The van der Waals surface area contributed by atoms with Gasteiger partial charge in [0.2, 0.25) is 5.91 Å². The SMILES string of the molecule is CCN1CCC[C@H]1CNC(=O)Cn1nnn(-c2cccs2)c1=O.